The Balaban J connectivity index is 1.95. The van der Waals surface area contributed by atoms with Gasteiger partial charge in [0.15, 0.2) is 0 Å². The maximum absolute atomic E-state index is 12.6. The smallest absolute Gasteiger partial charge is 0.423 e. The molecule has 4 nitrogen and oxygen atoms in total. The SMILES string of the molecule is CC(Cn1ccc2cc(B(O)O)ccc2c1=O)c1ccccc1. The molecular formula is C18H18BNO3. The van der Waals surface area contributed by atoms with Gasteiger partial charge < -0.3 is 14.6 Å². The maximum Gasteiger partial charge on any atom is 0.488 e. The minimum Gasteiger partial charge on any atom is -0.423 e. The van der Waals surface area contributed by atoms with Crippen LogP contribution >= 0.6 is 0 Å². The number of aromatic nitrogens is 1. The summed E-state index contributed by atoms with van der Waals surface area (Å²) in [5, 5.41) is 19.7. The van der Waals surface area contributed by atoms with Gasteiger partial charge in [-0.05, 0) is 34.5 Å². The van der Waals surface area contributed by atoms with Crippen LogP contribution in [0.3, 0.4) is 0 Å². The minimum absolute atomic E-state index is 0.0655. The Morgan fingerprint density at radius 3 is 2.52 bits per heavy atom. The molecule has 23 heavy (non-hydrogen) atoms. The molecule has 1 atom stereocenters. The van der Waals surface area contributed by atoms with Gasteiger partial charge in [0, 0.05) is 18.1 Å². The molecular weight excluding hydrogens is 289 g/mol. The molecule has 0 amide bonds. The van der Waals surface area contributed by atoms with Gasteiger partial charge in [-0.15, -0.1) is 0 Å². The lowest BCUT2D eigenvalue weighted by Gasteiger charge is -2.14. The average molecular weight is 307 g/mol. The van der Waals surface area contributed by atoms with E-state index in [1.165, 1.54) is 5.56 Å². The van der Waals surface area contributed by atoms with E-state index in [-0.39, 0.29) is 11.5 Å². The third-order valence-electron chi connectivity index (χ3n) is 4.14. The van der Waals surface area contributed by atoms with Crippen molar-refractivity contribution in [1.82, 2.24) is 4.57 Å². The van der Waals surface area contributed by atoms with Gasteiger partial charge in [0.25, 0.3) is 5.56 Å². The van der Waals surface area contributed by atoms with Crippen molar-refractivity contribution in [2.45, 2.75) is 19.4 Å². The Bertz CT molecular complexity index is 874. The zero-order valence-electron chi connectivity index (χ0n) is 12.9. The Labute approximate surface area is 134 Å². The van der Waals surface area contributed by atoms with Crippen LogP contribution in [0.5, 0.6) is 0 Å². The average Bonchev–Trinajstić information content (AvgIpc) is 2.57. The molecule has 5 heteroatoms. The molecule has 0 bridgehead atoms. The van der Waals surface area contributed by atoms with E-state index in [1.54, 1.807) is 29.0 Å². The third-order valence-corrected chi connectivity index (χ3v) is 4.14. The minimum atomic E-state index is -1.53. The lowest BCUT2D eigenvalue weighted by atomic mass is 9.79. The highest BCUT2D eigenvalue weighted by atomic mass is 16.4. The van der Waals surface area contributed by atoms with Crippen molar-refractivity contribution >= 4 is 23.4 Å². The summed E-state index contributed by atoms with van der Waals surface area (Å²) in [4.78, 5) is 12.6. The second kappa shape index (κ2) is 6.40. The van der Waals surface area contributed by atoms with Gasteiger partial charge in [0.2, 0.25) is 0 Å². The molecule has 0 saturated carbocycles. The summed E-state index contributed by atoms with van der Waals surface area (Å²) in [5.41, 5.74) is 1.51. The van der Waals surface area contributed by atoms with Crippen molar-refractivity contribution in [2.75, 3.05) is 0 Å². The number of hydrogen-bond donors (Lipinski definition) is 2. The molecule has 3 aromatic rings. The van der Waals surface area contributed by atoms with Gasteiger partial charge >= 0.3 is 7.12 Å². The molecule has 2 N–H and O–H groups in total. The van der Waals surface area contributed by atoms with Crippen molar-refractivity contribution in [2.24, 2.45) is 0 Å². The van der Waals surface area contributed by atoms with E-state index in [0.29, 0.717) is 22.8 Å². The van der Waals surface area contributed by atoms with Crippen molar-refractivity contribution in [3.63, 3.8) is 0 Å². The molecule has 0 spiro atoms. The summed E-state index contributed by atoms with van der Waals surface area (Å²) < 4.78 is 1.70. The van der Waals surface area contributed by atoms with Crippen molar-refractivity contribution in [3.05, 3.63) is 76.7 Å². The first kappa shape index (κ1) is 15.5. The molecule has 116 valence electrons. The van der Waals surface area contributed by atoms with Crippen LogP contribution in [0.4, 0.5) is 0 Å². The van der Waals surface area contributed by atoms with Gasteiger partial charge in [-0.25, -0.2) is 0 Å². The predicted molar refractivity (Wildman–Crippen MR) is 92.9 cm³/mol. The fraction of sp³-hybridized carbons (Fsp3) is 0.167. The van der Waals surface area contributed by atoms with Crippen LogP contribution in [0.2, 0.25) is 0 Å². The van der Waals surface area contributed by atoms with Crippen LogP contribution in [0.1, 0.15) is 18.4 Å². The van der Waals surface area contributed by atoms with Gasteiger partial charge in [0.1, 0.15) is 0 Å². The first-order valence-corrected chi connectivity index (χ1v) is 7.60. The van der Waals surface area contributed by atoms with Crippen LogP contribution < -0.4 is 11.0 Å². The van der Waals surface area contributed by atoms with Crippen LogP contribution in [-0.4, -0.2) is 21.7 Å². The predicted octanol–water partition coefficient (Wildman–Crippen LogP) is 1.48. The van der Waals surface area contributed by atoms with Crippen molar-refractivity contribution < 1.29 is 10.0 Å². The fourth-order valence-corrected chi connectivity index (χ4v) is 2.79. The largest absolute Gasteiger partial charge is 0.488 e. The Morgan fingerprint density at radius 2 is 1.83 bits per heavy atom. The lowest BCUT2D eigenvalue weighted by molar-refractivity contribution is 0.426. The van der Waals surface area contributed by atoms with Gasteiger partial charge in [-0.2, -0.15) is 0 Å². The molecule has 3 rings (SSSR count). The maximum atomic E-state index is 12.6. The van der Waals surface area contributed by atoms with E-state index in [9.17, 15) is 14.8 Å². The van der Waals surface area contributed by atoms with Crippen LogP contribution in [0.15, 0.2) is 65.6 Å². The van der Waals surface area contributed by atoms with Gasteiger partial charge in [0.05, 0.1) is 0 Å². The summed E-state index contributed by atoms with van der Waals surface area (Å²) in [6, 6.07) is 16.8. The highest BCUT2D eigenvalue weighted by molar-refractivity contribution is 6.58. The molecule has 0 aliphatic heterocycles. The molecule has 0 radical (unpaired) electrons. The number of fused-ring (bicyclic) bond motifs is 1. The standard InChI is InChI=1S/C18H18BNO3/c1-13(14-5-3-2-4-6-14)12-20-10-9-15-11-16(19(22)23)7-8-17(15)18(20)21/h2-11,13,22-23H,12H2,1H3. The summed E-state index contributed by atoms with van der Waals surface area (Å²) in [5.74, 6) is 0.227. The topological polar surface area (TPSA) is 62.5 Å². The Morgan fingerprint density at radius 1 is 1.09 bits per heavy atom. The molecule has 1 unspecified atom stereocenters. The molecule has 2 aromatic carbocycles. The zero-order valence-corrected chi connectivity index (χ0v) is 12.9. The quantitative estimate of drug-likeness (QED) is 0.718. The van der Waals surface area contributed by atoms with E-state index in [1.807, 2.05) is 24.3 Å². The van der Waals surface area contributed by atoms with Crippen LogP contribution in [-0.2, 0) is 6.54 Å². The van der Waals surface area contributed by atoms with Crippen LogP contribution in [0, 0.1) is 0 Å². The number of pyridine rings is 1. The van der Waals surface area contributed by atoms with E-state index >= 15 is 0 Å². The summed E-state index contributed by atoms with van der Waals surface area (Å²) >= 11 is 0. The van der Waals surface area contributed by atoms with E-state index in [2.05, 4.69) is 19.1 Å². The highest BCUT2D eigenvalue weighted by Crippen LogP contribution is 2.17. The van der Waals surface area contributed by atoms with Gasteiger partial charge in [-0.1, -0.05) is 49.4 Å². The van der Waals surface area contributed by atoms with E-state index in [0.717, 1.165) is 0 Å². The Hall–Kier alpha value is -2.37. The second-order valence-electron chi connectivity index (χ2n) is 5.81. The fourth-order valence-electron chi connectivity index (χ4n) is 2.79. The van der Waals surface area contributed by atoms with Crippen LogP contribution in [0.25, 0.3) is 10.8 Å². The van der Waals surface area contributed by atoms with Crippen molar-refractivity contribution in [1.29, 1.82) is 0 Å². The molecule has 1 aromatic heterocycles. The summed E-state index contributed by atoms with van der Waals surface area (Å²) in [7, 11) is -1.53. The summed E-state index contributed by atoms with van der Waals surface area (Å²) in [6.07, 6.45) is 1.76. The molecule has 0 aliphatic carbocycles. The number of benzene rings is 2. The zero-order chi connectivity index (χ0) is 16.4. The Kier molecular flexibility index (Phi) is 4.32. The molecule has 0 aliphatic rings. The molecule has 1 heterocycles. The lowest BCUT2D eigenvalue weighted by Crippen LogP contribution is -2.30. The second-order valence-corrected chi connectivity index (χ2v) is 5.81. The number of rotatable bonds is 4. The van der Waals surface area contributed by atoms with Crippen molar-refractivity contribution in [3.8, 4) is 0 Å². The highest BCUT2D eigenvalue weighted by Gasteiger charge is 2.13. The van der Waals surface area contributed by atoms with Gasteiger partial charge in [-0.3, -0.25) is 4.79 Å². The van der Waals surface area contributed by atoms with E-state index in [4.69, 9.17) is 0 Å². The number of nitrogens with zero attached hydrogens (tertiary/aromatic N) is 1. The molecule has 0 fully saturated rings. The summed E-state index contributed by atoms with van der Waals surface area (Å²) in [6.45, 7) is 2.69. The molecule has 0 saturated heterocycles. The normalized spacial score (nSPS) is 12.3. The third kappa shape index (κ3) is 3.21. The van der Waals surface area contributed by atoms with E-state index < -0.39 is 7.12 Å². The monoisotopic (exact) mass is 307 g/mol. The number of hydrogen-bond acceptors (Lipinski definition) is 3. The first-order chi connectivity index (χ1) is 11.1. The first-order valence-electron chi connectivity index (χ1n) is 7.60.